The summed E-state index contributed by atoms with van der Waals surface area (Å²) in [7, 11) is 0. The first-order valence-corrected chi connectivity index (χ1v) is 6.89. The van der Waals surface area contributed by atoms with Gasteiger partial charge in [-0.1, -0.05) is 30.1 Å². The van der Waals surface area contributed by atoms with Gasteiger partial charge in [-0.05, 0) is 28.4 Å². The van der Waals surface area contributed by atoms with Gasteiger partial charge in [-0.3, -0.25) is 0 Å². The zero-order valence-corrected chi connectivity index (χ0v) is 12.9. The summed E-state index contributed by atoms with van der Waals surface area (Å²) in [5.41, 5.74) is 0.659. The Bertz CT molecular complexity index is 625. The predicted octanol–water partition coefficient (Wildman–Crippen LogP) is 5.04. The van der Waals surface area contributed by atoms with Crippen molar-refractivity contribution in [3.63, 3.8) is 0 Å². The molecule has 0 radical (unpaired) electrons. The molecule has 100 valence electrons. The van der Waals surface area contributed by atoms with E-state index in [1.54, 1.807) is 0 Å². The summed E-state index contributed by atoms with van der Waals surface area (Å²) in [6.07, 6.45) is 1.89. The molecule has 0 bridgehead atoms. The van der Waals surface area contributed by atoms with Crippen LogP contribution in [0.1, 0.15) is 12.5 Å². The third-order valence-electron chi connectivity index (χ3n) is 2.39. The van der Waals surface area contributed by atoms with E-state index >= 15 is 0 Å². The Kier molecular flexibility index (Phi) is 4.60. The first-order valence-electron chi connectivity index (χ1n) is 5.34. The van der Waals surface area contributed by atoms with Crippen LogP contribution in [-0.2, 0) is 6.42 Å². The van der Waals surface area contributed by atoms with Gasteiger partial charge in [0.15, 0.2) is 0 Å². The number of halogens is 4. The highest BCUT2D eigenvalue weighted by Gasteiger charge is 2.14. The summed E-state index contributed by atoms with van der Waals surface area (Å²) in [5.74, 6) is -0.00522. The number of benzene rings is 1. The van der Waals surface area contributed by atoms with Crippen LogP contribution in [0.2, 0.25) is 10.2 Å². The maximum atomic E-state index is 13.4. The first-order chi connectivity index (χ1) is 9.02. The molecule has 0 saturated heterocycles. The van der Waals surface area contributed by atoms with Crippen LogP contribution in [0.4, 0.5) is 4.39 Å². The van der Waals surface area contributed by atoms with Crippen LogP contribution in [0.15, 0.2) is 22.9 Å². The molecule has 2 rings (SSSR count). The molecule has 0 amide bonds. The highest BCUT2D eigenvalue weighted by atomic mass is 79.9. The van der Waals surface area contributed by atoms with E-state index in [2.05, 4.69) is 25.9 Å². The average molecular weight is 366 g/mol. The van der Waals surface area contributed by atoms with Gasteiger partial charge in [-0.2, -0.15) is 0 Å². The maximum Gasteiger partial charge on any atom is 0.227 e. The van der Waals surface area contributed by atoms with E-state index in [1.807, 2.05) is 6.92 Å². The van der Waals surface area contributed by atoms with E-state index in [-0.39, 0.29) is 10.8 Å². The summed E-state index contributed by atoms with van der Waals surface area (Å²) >= 11 is 14.9. The van der Waals surface area contributed by atoms with Crippen LogP contribution >= 0.6 is 39.1 Å². The van der Waals surface area contributed by atoms with Gasteiger partial charge in [-0.15, -0.1) is 0 Å². The molecule has 3 nitrogen and oxygen atoms in total. The molecule has 1 aromatic carbocycles. The Labute approximate surface area is 127 Å². The van der Waals surface area contributed by atoms with Crippen LogP contribution in [-0.4, -0.2) is 9.97 Å². The Morgan fingerprint density at radius 2 is 2.05 bits per heavy atom. The zero-order valence-electron chi connectivity index (χ0n) is 9.75. The third kappa shape index (κ3) is 3.16. The lowest BCUT2D eigenvalue weighted by Gasteiger charge is -2.11. The van der Waals surface area contributed by atoms with E-state index in [4.69, 9.17) is 27.9 Å². The molecule has 1 aromatic heterocycles. The largest absolute Gasteiger partial charge is 0.437 e. The van der Waals surface area contributed by atoms with Crippen molar-refractivity contribution in [3.8, 4) is 11.6 Å². The number of aromatic nitrogens is 2. The Hall–Kier alpha value is -0.910. The van der Waals surface area contributed by atoms with Crippen molar-refractivity contribution >= 4 is 39.1 Å². The third-order valence-corrected chi connectivity index (χ3v) is 3.62. The van der Waals surface area contributed by atoms with E-state index < -0.39 is 5.82 Å². The van der Waals surface area contributed by atoms with Crippen LogP contribution in [0.3, 0.4) is 0 Å². The number of nitrogens with zero attached hydrogens (tertiary/aromatic N) is 2. The van der Waals surface area contributed by atoms with Crippen molar-refractivity contribution < 1.29 is 9.13 Å². The minimum atomic E-state index is -0.571. The fourth-order valence-electron chi connectivity index (χ4n) is 1.45. The second-order valence-corrected chi connectivity index (χ2v) is 5.22. The van der Waals surface area contributed by atoms with Crippen LogP contribution < -0.4 is 4.74 Å². The Balaban J connectivity index is 2.42. The number of hydrogen-bond donors (Lipinski definition) is 0. The summed E-state index contributed by atoms with van der Waals surface area (Å²) in [5, 5.41) is 0.328. The highest BCUT2D eigenvalue weighted by molar-refractivity contribution is 9.10. The van der Waals surface area contributed by atoms with Crippen LogP contribution in [0.25, 0.3) is 0 Å². The minimum Gasteiger partial charge on any atom is -0.437 e. The van der Waals surface area contributed by atoms with Crippen LogP contribution in [0.5, 0.6) is 11.6 Å². The van der Waals surface area contributed by atoms with E-state index in [0.29, 0.717) is 27.5 Å². The Morgan fingerprint density at radius 1 is 1.32 bits per heavy atom. The van der Waals surface area contributed by atoms with Crippen molar-refractivity contribution in [2.75, 3.05) is 0 Å². The lowest BCUT2D eigenvalue weighted by Crippen LogP contribution is -1.97. The molecule has 0 atom stereocenters. The number of ether oxygens (including phenoxy) is 1. The topological polar surface area (TPSA) is 35.0 Å². The summed E-state index contributed by atoms with van der Waals surface area (Å²) < 4.78 is 19.5. The second kappa shape index (κ2) is 6.03. The van der Waals surface area contributed by atoms with Crippen molar-refractivity contribution in [2.45, 2.75) is 13.3 Å². The van der Waals surface area contributed by atoms with Gasteiger partial charge in [0.05, 0.1) is 15.1 Å². The molecule has 7 heteroatoms. The quantitative estimate of drug-likeness (QED) is 0.564. The molecule has 0 aliphatic heterocycles. The number of rotatable bonds is 3. The van der Waals surface area contributed by atoms with Gasteiger partial charge in [0.25, 0.3) is 0 Å². The molecule has 2 aromatic rings. The molecular formula is C12H8BrCl2FN2O. The first kappa shape index (κ1) is 14.5. The molecule has 0 spiro atoms. The van der Waals surface area contributed by atoms with E-state index in [1.165, 1.54) is 18.5 Å². The molecule has 0 unspecified atom stereocenters. The van der Waals surface area contributed by atoms with Crippen molar-refractivity contribution in [3.05, 3.63) is 44.5 Å². The van der Waals surface area contributed by atoms with Gasteiger partial charge >= 0.3 is 0 Å². The van der Waals surface area contributed by atoms with Crippen LogP contribution in [0, 0.1) is 5.82 Å². The molecule has 0 aliphatic carbocycles. The average Bonchev–Trinajstić information content (AvgIpc) is 2.36. The van der Waals surface area contributed by atoms with Gasteiger partial charge in [0.1, 0.15) is 23.0 Å². The van der Waals surface area contributed by atoms with Gasteiger partial charge in [0.2, 0.25) is 5.88 Å². The standard InChI is InChI=1S/C12H8BrCl2FN2O/c1-2-6-11(15)17-5-18-12(6)19-10-4-9(16)8(14)3-7(10)13/h3-5H,2H2,1H3. The summed E-state index contributed by atoms with van der Waals surface area (Å²) in [4.78, 5) is 7.88. The van der Waals surface area contributed by atoms with Crippen molar-refractivity contribution in [1.29, 1.82) is 0 Å². The molecule has 0 saturated carbocycles. The number of hydrogen-bond acceptors (Lipinski definition) is 3. The maximum absolute atomic E-state index is 13.4. The van der Waals surface area contributed by atoms with Gasteiger partial charge in [-0.25, -0.2) is 14.4 Å². The highest BCUT2D eigenvalue weighted by Crippen LogP contribution is 2.35. The molecule has 0 N–H and O–H groups in total. The second-order valence-electron chi connectivity index (χ2n) is 3.60. The molecule has 19 heavy (non-hydrogen) atoms. The monoisotopic (exact) mass is 364 g/mol. The fourth-order valence-corrected chi connectivity index (χ4v) is 2.43. The molecule has 0 aliphatic rings. The molecule has 0 fully saturated rings. The summed E-state index contributed by atoms with van der Waals surface area (Å²) in [6, 6.07) is 2.60. The van der Waals surface area contributed by atoms with E-state index in [9.17, 15) is 4.39 Å². The van der Waals surface area contributed by atoms with Crippen molar-refractivity contribution in [2.24, 2.45) is 0 Å². The lowest BCUT2D eigenvalue weighted by molar-refractivity contribution is 0.448. The predicted molar refractivity (Wildman–Crippen MR) is 75.6 cm³/mol. The normalized spacial score (nSPS) is 10.6. The van der Waals surface area contributed by atoms with E-state index in [0.717, 1.165) is 0 Å². The SMILES string of the molecule is CCc1c(Cl)ncnc1Oc1cc(F)c(Cl)cc1Br. The minimum absolute atomic E-state index is 0.00987. The molecular weight excluding hydrogens is 358 g/mol. The van der Waals surface area contributed by atoms with Gasteiger partial charge in [0, 0.05) is 6.07 Å². The molecule has 1 heterocycles. The smallest absolute Gasteiger partial charge is 0.227 e. The summed E-state index contributed by atoms with van der Waals surface area (Å²) in [6.45, 7) is 1.90. The Morgan fingerprint density at radius 3 is 2.74 bits per heavy atom. The van der Waals surface area contributed by atoms with Gasteiger partial charge < -0.3 is 4.74 Å². The zero-order chi connectivity index (χ0) is 14.0. The fraction of sp³-hybridized carbons (Fsp3) is 0.167. The lowest BCUT2D eigenvalue weighted by atomic mass is 10.2. The van der Waals surface area contributed by atoms with Crippen molar-refractivity contribution in [1.82, 2.24) is 9.97 Å².